The SMILES string of the molecule is CCCCOC(COCC)COCC(COCC)OCC(C)O. The van der Waals surface area contributed by atoms with E-state index < -0.39 is 6.10 Å². The van der Waals surface area contributed by atoms with Gasteiger partial charge in [0.25, 0.3) is 0 Å². The molecule has 0 bridgehead atoms. The van der Waals surface area contributed by atoms with E-state index in [1.54, 1.807) is 6.92 Å². The normalized spacial score (nSPS) is 15.5. The van der Waals surface area contributed by atoms with Gasteiger partial charge in [-0.3, -0.25) is 0 Å². The third-order valence-electron chi connectivity index (χ3n) is 3.05. The highest BCUT2D eigenvalue weighted by Crippen LogP contribution is 2.02. The monoisotopic (exact) mass is 336 g/mol. The second-order valence-electron chi connectivity index (χ2n) is 5.51. The molecule has 0 aromatic heterocycles. The van der Waals surface area contributed by atoms with Crippen LogP contribution in [0.4, 0.5) is 0 Å². The predicted molar refractivity (Wildman–Crippen MR) is 89.9 cm³/mol. The Bertz CT molecular complexity index is 237. The molecule has 23 heavy (non-hydrogen) atoms. The van der Waals surface area contributed by atoms with Gasteiger partial charge in [0.1, 0.15) is 12.2 Å². The molecule has 0 spiro atoms. The first-order chi connectivity index (χ1) is 11.1. The average Bonchev–Trinajstić information content (AvgIpc) is 2.53. The number of hydrogen-bond acceptors (Lipinski definition) is 6. The first kappa shape index (κ1) is 22.8. The number of ether oxygens (including phenoxy) is 5. The summed E-state index contributed by atoms with van der Waals surface area (Å²) in [6.45, 7) is 11.9. The minimum Gasteiger partial charge on any atom is -0.391 e. The van der Waals surface area contributed by atoms with Crippen molar-refractivity contribution in [2.24, 2.45) is 0 Å². The molecule has 0 fully saturated rings. The fraction of sp³-hybridized carbons (Fsp3) is 1.00. The van der Waals surface area contributed by atoms with Crippen molar-refractivity contribution in [1.82, 2.24) is 0 Å². The van der Waals surface area contributed by atoms with Crippen LogP contribution in [-0.4, -0.2) is 76.3 Å². The molecule has 0 saturated heterocycles. The van der Waals surface area contributed by atoms with E-state index in [2.05, 4.69) is 6.92 Å². The van der Waals surface area contributed by atoms with E-state index >= 15 is 0 Å². The molecule has 140 valence electrons. The highest BCUT2D eigenvalue weighted by Gasteiger charge is 2.14. The Morgan fingerprint density at radius 2 is 1.26 bits per heavy atom. The Morgan fingerprint density at radius 3 is 1.74 bits per heavy atom. The van der Waals surface area contributed by atoms with E-state index in [0.29, 0.717) is 39.6 Å². The molecule has 0 heterocycles. The van der Waals surface area contributed by atoms with Gasteiger partial charge in [-0.25, -0.2) is 0 Å². The second-order valence-corrected chi connectivity index (χ2v) is 5.51. The van der Waals surface area contributed by atoms with Crippen molar-refractivity contribution in [1.29, 1.82) is 0 Å². The maximum Gasteiger partial charge on any atom is 0.104 e. The minimum atomic E-state index is -0.498. The summed E-state index contributed by atoms with van der Waals surface area (Å²) in [7, 11) is 0. The van der Waals surface area contributed by atoms with Gasteiger partial charge in [0.05, 0.1) is 39.1 Å². The smallest absolute Gasteiger partial charge is 0.104 e. The maximum atomic E-state index is 9.31. The van der Waals surface area contributed by atoms with Crippen LogP contribution in [0.15, 0.2) is 0 Å². The van der Waals surface area contributed by atoms with Crippen molar-refractivity contribution in [3.8, 4) is 0 Å². The van der Waals surface area contributed by atoms with Crippen LogP contribution in [0.25, 0.3) is 0 Å². The van der Waals surface area contributed by atoms with Crippen LogP contribution in [0.3, 0.4) is 0 Å². The van der Waals surface area contributed by atoms with Crippen molar-refractivity contribution >= 4 is 0 Å². The number of aliphatic hydroxyl groups excluding tert-OH is 1. The molecule has 0 aromatic carbocycles. The maximum absolute atomic E-state index is 9.31. The molecular weight excluding hydrogens is 300 g/mol. The average molecular weight is 336 g/mol. The van der Waals surface area contributed by atoms with E-state index in [1.165, 1.54) is 0 Å². The topological polar surface area (TPSA) is 66.4 Å². The summed E-state index contributed by atoms with van der Waals surface area (Å²) >= 11 is 0. The lowest BCUT2D eigenvalue weighted by Crippen LogP contribution is -2.32. The molecule has 0 saturated carbocycles. The molecule has 0 aromatic rings. The largest absolute Gasteiger partial charge is 0.391 e. The standard InChI is InChI=1S/C17H36O6/c1-5-8-9-22-16(11-19-6-2)13-21-14-17(12-20-7-3)23-10-15(4)18/h15-18H,5-14H2,1-4H3. The number of hydrogen-bond donors (Lipinski definition) is 1. The minimum absolute atomic E-state index is 0.0639. The van der Waals surface area contributed by atoms with E-state index in [1.807, 2.05) is 13.8 Å². The molecule has 0 aliphatic heterocycles. The summed E-state index contributed by atoms with van der Waals surface area (Å²) in [6.07, 6.45) is 1.39. The summed E-state index contributed by atoms with van der Waals surface area (Å²) in [5.41, 5.74) is 0. The highest BCUT2D eigenvalue weighted by atomic mass is 16.6. The van der Waals surface area contributed by atoms with Crippen LogP contribution in [0.1, 0.15) is 40.5 Å². The predicted octanol–water partition coefficient (Wildman–Crippen LogP) is 2.03. The number of unbranched alkanes of at least 4 members (excludes halogenated alkanes) is 1. The summed E-state index contributed by atoms with van der Waals surface area (Å²) < 4.78 is 27.9. The van der Waals surface area contributed by atoms with Crippen LogP contribution in [0, 0.1) is 0 Å². The fourth-order valence-corrected chi connectivity index (χ4v) is 1.79. The van der Waals surface area contributed by atoms with E-state index in [4.69, 9.17) is 23.7 Å². The molecule has 3 unspecified atom stereocenters. The molecule has 6 heteroatoms. The van der Waals surface area contributed by atoms with Crippen molar-refractivity contribution in [2.45, 2.75) is 58.8 Å². The Kier molecular flexibility index (Phi) is 16.4. The quantitative estimate of drug-likeness (QED) is 0.410. The number of aliphatic hydroxyl groups is 1. The third-order valence-corrected chi connectivity index (χ3v) is 3.05. The molecule has 6 nitrogen and oxygen atoms in total. The lowest BCUT2D eigenvalue weighted by molar-refractivity contribution is -0.102. The second kappa shape index (κ2) is 16.6. The summed E-state index contributed by atoms with van der Waals surface area (Å²) in [4.78, 5) is 0. The Hall–Kier alpha value is -0.240. The van der Waals surface area contributed by atoms with Crippen LogP contribution >= 0.6 is 0 Å². The summed E-state index contributed by atoms with van der Waals surface area (Å²) in [5.74, 6) is 0. The zero-order chi connectivity index (χ0) is 17.3. The van der Waals surface area contributed by atoms with Gasteiger partial charge in [-0.1, -0.05) is 13.3 Å². The van der Waals surface area contributed by atoms with Crippen molar-refractivity contribution < 1.29 is 28.8 Å². The lowest BCUT2D eigenvalue weighted by atomic mass is 10.3. The molecule has 0 radical (unpaired) electrons. The highest BCUT2D eigenvalue weighted by molar-refractivity contribution is 4.60. The van der Waals surface area contributed by atoms with E-state index in [-0.39, 0.29) is 18.8 Å². The van der Waals surface area contributed by atoms with Gasteiger partial charge in [0, 0.05) is 19.8 Å². The summed E-state index contributed by atoms with van der Waals surface area (Å²) in [5, 5.41) is 9.31. The molecule has 0 aliphatic rings. The van der Waals surface area contributed by atoms with E-state index in [0.717, 1.165) is 19.4 Å². The van der Waals surface area contributed by atoms with Crippen LogP contribution in [-0.2, 0) is 23.7 Å². The lowest BCUT2D eigenvalue weighted by Gasteiger charge is -2.22. The Morgan fingerprint density at radius 1 is 0.739 bits per heavy atom. The van der Waals surface area contributed by atoms with Crippen molar-refractivity contribution in [3.05, 3.63) is 0 Å². The molecule has 0 amide bonds. The number of rotatable bonds is 17. The molecule has 0 aliphatic carbocycles. The molecular formula is C17H36O6. The van der Waals surface area contributed by atoms with Gasteiger partial charge >= 0.3 is 0 Å². The van der Waals surface area contributed by atoms with Gasteiger partial charge in [-0.15, -0.1) is 0 Å². The van der Waals surface area contributed by atoms with Crippen LogP contribution < -0.4 is 0 Å². The van der Waals surface area contributed by atoms with Crippen LogP contribution in [0.2, 0.25) is 0 Å². The summed E-state index contributed by atoms with van der Waals surface area (Å²) in [6, 6.07) is 0. The first-order valence-corrected chi connectivity index (χ1v) is 8.78. The van der Waals surface area contributed by atoms with Crippen LogP contribution in [0.5, 0.6) is 0 Å². The molecule has 0 rings (SSSR count). The first-order valence-electron chi connectivity index (χ1n) is 8.78. The van der Waals surface area contributed by atoms with Gasteiger partial charge in [0.15, 0.2) is 0 Å². The van der Waals surface area contributed by atoms with Gasteiger partial charge in [-0.05, 0) is 27.2 Å². The van der Waals surface area contributed by atoms with Gasteiger partial charge in [-0.2, -0.15) is 0 Å². The van der Waals surface area contributed by atoms with Gasteiger partial charge < -0.3 is 28.8 Å². The van der Waals surface area contributed by atoms with Crippen molar-refractivity contribution in [3.63, 3.8) is 0 Å². The zero-order valence-corrected chi connectivity index (χ0v) is 15.3. The van der Waals surface area contributed by atoms with E-state index in [9.17, 15) is 5.11 Å². The van der Waals surface area contributed by atoms with Gasteiger partial charge in [0.2, 0.25) is 0 Å². The Balaban J connectivity index is 4.08. The zero-order valence-electron chi connectivity index (χ0n) is 15.3. The molecule has 1 N–H and O–H groups in total. The third kappa shape index (κ3) is 15.1. The molecule has 3 atom stereocenters. The van der Waals surface area contributed by atoms with Crippen molar-refractivity contribution in [2.75, 3.05) is 52.9 Å². The fourth-order valence-electron chi connectivity index (χ4n) is 1.79. The Labute approximate surface area is 141 Å².